The zero-order valence-electron chi connectivity index (χ0n) is 16.4. The number of rotatable bonds is 5. The Labute approximate surface area is 158 Å². The van der Waals surface area contributed by atoms with E-state index in [4.69, 9.17) is 4.74 Å². The number of ketones is 2. The summed E-state index contributed by atoms with van der Waals surface area (Å²) in [4.78, 5) is 25.6. The number of aromatic nitrogens is 2. The van der Waals surface area contributed by atoms with E-state index in [1.165, 1.54) is 0 Å². The fourth-order valence-electron chi connectivity index (χ4n) is 2.78. The van der Waals surface area contributed by atoms with E-state index < -0.39 is 5.41 Å². The third-order valence-corrected chi connectivity index (χ3v) is 4.62. The van der Waals surface area contributed by atoms with Gasteiger partial charge in [0.2, 0.25) is 5.78 Å². The van der Waals surface area contributed by atoms with E-state index in [0.717, 1.165) is 5.56 Å². The van der Waals surface area contributed by atoms with Crippen molar-refractivity contribution in [2.24, 2.45) is 5.41 Å². The van der Waals surface area contributed by atoms with Crippen LogP contribution in [0.2, 0.25) is 0 Å². The van der Waals surface area contributed by atoms with Gasteiger partial charge in [-0.15, -0.1) is 0 Å². The minimum absolute atomic E-state index is 0.0454. The predicted octanol–water partition coefficient (Wildman–Crippen LogP) is 4.20. The first-order valence-electron chi connectivity index (χ1n) is 8.90. The fraction of sp³-hybridized carbons (Fsp3) is 0.318. The van der Waals surface area contributed by atoms with Crippen molar-refractivity contribution < 1.29 is 14.3 Å². The van der Waals surface area contributed by atoms with Gasteiger partial charge in [0.05, 0.1) is 12.6 Å². The molecule has 0 saturated carbocycles. The highest BCUT2D eigenvalue weighted by atomic mass is 16.5. The van der Waals surface area contributed by atoms with E-state index in [9.17, 15) is 9.59 Å². The summed E-state index contributed by atoms with van der Waals surface area (Å²) in [5.41, 5.74) is 2.23. The number of aryl methyl sites for hydroxylation is 1. The Hall–Kier alpha value is -2.95. The number of ether oxygens (including phenoxy) is 1. The van der Waals surface area contributed by atoms with Crippen LogP contribution in [0.3, 0.4) is 0 Å². The van der Waals surface area contributed by atoms with Crippen molar-refractivity contribution >= 4 is 22.5 Å². The molecule has 27 heavy (non-hydrogen) atoms. The lowest BCUT2D eigenvalue weighted by Crippen LogP contribution is -2.25. The summed E-state index contributed by atoms with van der Waals surface area (Å²) in [5, 5.41) is 5.22. The maximum absolute atomic E-state index is 13.0. The van der Waals surface area contributed by atoms with Gasteiger partial charge in [-0.3, -0.25) is 14.3 Å². The Balaban J connectivity index is 2.11. The number of Topliss-reactive ketones (excluding diaryl/α,β-unsaturated/α-hetero) is 1. The maximum Gasteiger partial charge on any atom is 0.213 e. The second-order valence-electron chi connectivity index (χ2n) is 7.76. The lowest BCUT2D eigenvalue weighted by molar-refractivity contribution is -0.127. The summed E-state index contributed by atoms with van der Waals surface area (Å²) in [6.07, 6.45) is 0. The van der Waals surface area contributed by atoms with E-state index in [0.29, 0.717) is 27.9 Å². The number of benzene rings is 2. The van der Waals surface area contributed by atoms with Gasteiger partial charge in [-0.25, -0.2) is 0 Å². The molecule has 5 nitrogen and oxygen atoms in total. The first kappa shape index (κ1) is 18.8. The lowest BCUT2D eigenvalue weighted by Gasteiger charge is -2.16. The van der Waals surface area contributed by atoms with Crippen molar-refractivity contribution in [3.63, 3.8) is 0 Å². The average molecular weight is 364 g/mol. The Kier molecular flexibility index (Phi) is 4.87. The second kappa shape index (κ2) is 6.99. The first-order chi connectivity index (χ1) is 12.7. The molecule has 0 aliphatic rings. The molecular formula is C22H24N2O3. The van der Waals surface area contributed by atoms with E-state index in [1.807, 2.05) is 52.0 Å². The second-order valence-corrected chi connectivity index (χ2v) is 7.76. The number of methoxy groups -OCH3 is 1. The molecule has 3 aromatic rings. The molecule has 2 aromatic carbocycles. The molecule has 0 atom stereocenters. The molecule has 0 radical (unpaired) electrons. The standard InChI is InChI=1S/C22H24N2O3/c1-14-6-8-15(9-7-14)21(26)20-17-11-10-16(27-5)12-18(17)24(23-20)13-19(25)22(2,3)4/h6-12H,13H2,1-5H3. The number of nitrogens with zero attached hydrogens (tertiary/aromatic N) is 2. The summed E-state index contributed by atoms with van der Waals surface area (Å²) in [6.45, 7) is 7.71. The highest BCUT2D eigenvalue weighted by Gasteiger charge is 2.25. The molecule has 0 aliphatic carbocycles. The van der Waals surface area contributed by atoms with E-state index >= 15 is 0 Å². The van der Waals surface area contributed by atoms with Crippen LogP contribution in [-0.2, 0) is 11.3 Å². The third kappa shape index (κ3) is 3.77. The van der Waals surface area contributed by atoms with Crippen molar-refractivity contribution in [1.29, 1.82) is 0 Å². The summed E-state index contributed by atoms with van der Waals surface area (Å²) in [7, 11) is 1.58. The molecule has 0 bridgehead atoms. The molecule has 140 valence electrons. The molecule has 1 aromatic heterocycles. The fourth-order valence-corrected chi connectivity index (χ4v) is 2.78. The number of hydrogen-bond donors (Lipinski definition) is 0. The molecule has 0 N–H and O–H groups in total. The van der Waals surface area contributed by atoms with Gasteiger partial charge in [-0.2, -0.15) is 5.10 Å². The molecule has 0 saturated heterocycles. The maximum atomic E-state index is 13.0. The average Bonchev–Trinajstić information content (AvgIpc) is 2.98. The third-order valence-electron chi connectivity index (χ3n) is 4.62. The summed E-state index contributed by atoms with van der Waals surface area (Å²) in [6, 6.07) is 12.8. The zero-order chi connectivity index (χ0) is 19.8. The van der Waals surface area contributed by atoms with Crippen LogP contribution in [0, 0.1) is 12.3 Å². The molecule has 0 unspecified atom stereocenters. The molecule has 0 amide bonds. The predicted molar refractivity (Wildman–Crippen MR) is 105 cm³/mol. The van der Waals surface area contributed by atoms with Crippen LogP contribution in [-0.4, -0.2) is 28.5 Å². The van der Waals surface area contributed by atoms with Gasteiger partial charge in [-0.05, 0) is 19.1 Å². The summed E-state index contributed by atoms with van der Waals surface area (Å²) in [5.74, 6) is 0.539. The highest BCUT2D eigenvalue weighted by molar-refractivity contribution is 6.15. The molecule has 0 spiro atoms. The molecule has 0 fully saturated rings. The Bertz CT molecular complexity index is 1010. The van der Waals surface area contributed by atoms with Crippen molar-refractivity contribution in [3.05, 3.63) is 59.3 Å². The summed E-state index contributed by atoms with van der Waals surface area (Å²) < 4.78 is 6.91. The Morgan fingerprint density at radius 1 is 1.07 bits per heavy atom. The van der Waals surface area contributed by atoms with Gasteiger partial charge in [0.25, 0.3) is 0 Å². The molecule has 3 rings (SSSR count). The van der Waals surface area contributed by atoms with E-state index in [-0.39, 0.29) is 18.1 Å². The van der Waals surface area contributed by atoms with Crippen molar-refractivity contribution in [2.75, 3.05) is 7.11 Å². The number of carbonyl (C=O) groups excluding carboxylic acids is 2. The van der Waals surface area contributed by atoms with Gasteiger partial charge in [0.1, 0.15) is 18.0 Å². The van der Waals surface area contributed by atoms with Gasteiger partial charge < -0.3 is 4.74 Å². The van der Waals surface area contributed by atoms with Gasteiger partial charge in [0, 0.05) is 22.4 Å². The molecule has 1 heterocycles. The lowest BCUT2D eigenvalue weighted by atomic mass is 9.91. The summed E-state index contributed by atoms with van der Waals surface area (Å²) >= 11 is 0. The monoisotopic (exact) mass is 364 g/mol. The Morgan fingerprint density at radius 3 is 2.33 bits per heavy atom. The number of fused-ring (bicyclic) bond motifs is 1. The minimum Gasteiger partial charge on any atom is -0.497 e. The normalized spacial score (nSPS) is 11.6. The smallest absolute Gasteiger partial charge is 0.213 e. The number of hydrogen-bond acceptors (Lipinski definition) is 4. The van der Waals surface area contributed by atoms with E-state index in [1.54, 1.807) is 30.0 Å². The van der Waals surface area contributed by atoms with Crippen LogP contribution in [0.1, 0.15) is 42.4 Å². The van der Waals surface area contributed by atoms with E-state index in [2.05, 4.69) is 5.10 Å². The van der Waals surface area contributed by atoms with Crippen LogP contribution in [0.25, 0.3) is 10.9 Å². The van der Waals surface area contributed by atoms with Crippen LogP contribution >= 0.6 is 0 Å². The quantitative estimate of drug-likeness (QED) is 0.637. The van der Waals surface area contributed by atoms with Crippen LogP contribution in [0.15, 0.2) is 42.5 Å². The Morgan fingerprint density at radius 2 is 1.74 bits per heavy atom. The zero-order valence-corrected chi connectivity index (χ0v) is 16.4. The minimum atomic E-state index is -0.488. The largest absolute Gasteiger partial charge is 0.497 e. The highest BCUT2D eigenvalue weighted by Crippen LogP contribution is 2.27. The van der Waals surface area contributed by atoms with Gasteiger partial charge in [0.15, 0.2) is 5.78 Å². The van der Waals surface area contributed by atoms with Crippen molar-refractivity contribution in [2.45, 2.75) is 34.2 Å². The molecule has 5 heteroatoms. The first-order valence-corrected chi connectivity index (χ1v) is 8.90. The van der Waals surface area contributed by atoms with Crippen molar-refractivity contribution in [3.8, 4) is 5.75 Å². The van der Waals surface area contributed by atoms with Gasteiger partial charge in [-0.1, -0.05) is 50.6 Å². The SMILES string of the molecule is COc1ccc2c(C(=O)c3ccc(C)cc3)nn(CC(=O)C(C)(C)C)c2c1. The van der Waals surface area contributed by atoms with Gasteiger partial charge >= 0.3 is 0 Å². The topological polar surface area (TPSA) is 61.2 Å². The molecular weight excluding hydrogens is 340 g/mol. The van der Waals surface area contributed by atoms with Crippen LogP contribution in [0.4, 0.5) is 0 Å². The van der Waals surface area contributed by atoms with Crippen LogP contribution in [0.5, 0.6) is 5.75 Å². The molecule has 0 aliphatic heterocycles. The van der Waals surface area contributed by atoms with Crippen LogP contribution < -0.4 is 4.74 Å². The number of carbonyl (C=O) groups is 2. The van der Waals surface area contributed by atoms with Crippen molar-refractivity contribution in [1.82, 2.24) is 9.78 Å².